The quantitative estimate of drug-likeness (QED) is 0.604. The van der Waals surface area contributed by atoms with Crippen LogP contribution in [0.5, 0.6) is 0 Å². The minimum Gasteiger partial charge on any atom is -0.311 e. The summed E-state index contributed by atoms with van der Waals surface area (Å²) in [7, 11) is 0. The number of alkyl halides is 1. The number of nitrogens with one attached hydrogen (secondary N) is 1. The molecular formula is C8H13ClN. The second-order valence-corrected chi connectivity index (χ2v) is 3.91. The van der Waals surface area contributed by atoms with Gasteiger partial charge in [0.25, 0.3) is 0 Å². The molecule has 2 fully saturated rings. The third kappa shape index (κ3) is 1.30. The minimum atomic E-state index is 0.345. The molecule has 0 aromatic carbocycles. The van der Waals surface area contributed by atoms with Crippen LogP contribution < -0.4 is 5.32 Å². The molecule has 0 aromatic rings. The van der Waals surface area contributed by atoms with E-state index in [2.05, 4.69) is 11.7 Å². The van der Waals surface area contributed by atoms with Crippen LogP contribution in [0.1, 0.15) is 25.7 Å². The molecule has 0 aromatic heterocycles. The number of rotatable bonds is 2. The minimum absolute atomic E-state index is 0.345. The average Bonchev–Trinajstić information content (AvgIpc) is 1.72. The van der Waals surface area contributed by atoms with Crippen LogP contribution in [0, 0.1) is 6.42 Å². The lowest BCUT2D eigenvalue weighted by atomic mass is 9.87. The molecule has 0 aliphatic heterocycles. The first kappa shape index (κ1) is 6.93. The van der Waals surface area contributed by atoms with E-state index in [1.165, 1.54) is 19.3 Å². The number of halogens is 1. The van der Waals surface area contributed by atoms with Crippen LogP contribution in [0.4, 0.5) is 0 Å². The summed E-state index contributed by atoms with van der Waals surface area (Å²) in [5, 5.41) is 3.89. The molecule has 2 aliphatic rings. The van der Waals surface area contributed by atoms with E-state index in [-0.39, 0.29) is 0 Å². The van der Waals surface area contributed by atoms with Gasteiger partial charge in [-0.25, -0.2) is 0 Å². The van der Waals surface area contributed by atoms with Crippen LogP contribution in [-0.4, -0.2) is 17.5 Å². The molecule has 0 spiro atoms. The molecule has 1 radical (unpaired) electrons. The van der Waals surface area contributed by atoms with E-state index in [0.29, 0.717) is 11.4 Å². The zero-order valence-electron chi connectivity index (χ0n) is 6.02. The van der Waals surface area contributed by atoms with Crippen molar-refractivity contribution in [2.75, 3.05) is 0 Å². The maximum atomic E-state index is 5.79. The highest BCUT2D eigenvalue weighted by Gasteiger charge is 2.30. The van der Waals surface area contributed by atoms with Gasteiger partial charge in [-0.05, 0) is 25.7 Å². The molecule has 1 N–H and O–H groups in total. The van der Waals surface area contributed by atoms with Crippen LogP contribution in [0.3, 0.4) is 0 Å². The lowest BCUT2D eigenvalue weighted by Crippen LogP contribution is -2.49. The highest BCUT2D eigenvalue weighted by molar-refractivity contribution is 6.22. The molecular weight excluding hydrogens is 146 g/mol. The topological polar surface area (TPSA) is 12.0 Å². The van der Waals surface area contributed by atoms with Gasteiger partial charge in [0, 0.05) is 17.5 Å². The van der Waals surface area contributed by atoms with Gasteiger partial charge in [0.05, 0.1) is 0 Å². The Bertz CT molecular complexity index is 116. The molecule has 2 rings (SSSR count). The Labute approximate surface area is 67.1 Å². The molecule has 2 saturated carbocycles. The van der Waals surface area contributed by atoms with Crippen LogP contribution in [0.25, 0.3) is 0 Å². The first-order chi connectivity index (χ1) is 4.84. The number of hydrogen-bond donors (Lipinski definition) is 1. The van der Waals surface area contributed by atoms with E-state index in [1.54, 1.807) is 0 Å². The van der Waals surface area contributed by atoms with Gasteiger partial charge < -0.3 is 5.32 Å². The van der Waals surface area contributed by atoms with Gasteiger partial charge in [0.15, 0.2) is 0 Å². The van der Waals surface area contributed by atoms with Gasteiger partial charge in [-0.1, -0.05) is 6.42 Å². The second-order valence-electron chi connectivity index (χ2n) is 3.35. The van der Waals surface area contributed by atoms with Gasteiger partial charge >= 0.3 is 0 Å². The molecule has 2 aliphatic carbocycles. The van der Waals surface area contributed by atoms with Crippen molar-refractivity contribution in [3.63, 3.8) is 0 Å². The Balaban J connectivity index is 1.62. The summed E-state index contributed by atoms with van der Waals surface area (Å²) < 4.78 is 0. The van der Waals surface area contributed by atoms with Gasteiger partial charge in [-0.2, -0.15) is 0 Å². The smallest absolute Gasteiger partial charge is 0.0397 e. The van der Waals surface area contributed by atoms with Crippen molar-refractivity contribution < 1.29 is 0 Å². The largest absolute Gasteiger partial charge is 0.311 e. The van der Waals surface area contributed by atoms with Crippen molar-refractivity contribution in [3.8, 4) is 0 Å². The zero-order valence-corrected chi connectivity index (χ0v) is 6.77. The standard InChI is InChI=1S/C8H13ClN/c9-6-4-8(5-6)10-7-2-1-3-7/h4,6-8,10H,1-3,5H2. The van der Waals surface area contributed by atoms with Crippen molar-refractivity contribution >= 4 is 11.6 Å². The summed E-state index contributed by atoms with van der Waals surface area (Å²) in [4.78, 5) is 0. The van der Waals surface area contributed by atoms with E-state index >= 15 is 0 Å². The summed E-state index contributed by atoms with van der Waals surface area (Å²) in [5.74, 6) is 0. The van der Waals surface area contributed by atoms with Crippen molar-refractivity contribution in [2.45, 2.75) is 43.1 Å². The molecule has 1 nitrogen and oxygen atoms in total. The van der Waals surface area contributed by atoms with Gasteiger partial charge in [-0.15, -0.1) is 11.6 Å². The van der Waals surface area contributed by atoms with Crippen LogP contribution in [-0.2, 0) is 0 Å². The maximum Gasteiger partial charge on any atom is 0.0397 e. The first-order valence-corrected chi connectivity index (χ1v) is 4.53. The average molecular weight is 159 g/mol. The van der Waals surface area contributed by atoms with Gasteiger partial charge in [0.2, 0.25) is 0 Å². The molecule has 0 heterocycles. The summed E-state index contributed by atoms with van der Waals surface area (Å²) in [6.07, 6.45) is 7.49. The molecule has 10 heavy (non-hydrogen) atoms. The van der Waals surface area contributed by atoms with Crippen molar-refractivity contribution in [1.82, 2.24) is 5.32 Å². The van der Waals surface area contributed by atoms with E-state index in [0.717, 1.165) is 12.5 Å². The monoisotopic (exact) mass is 158 g/mol. The fraction of sp³-hybridized carbons (Fsp3) is 0.875. The first-order valence-electron chi connectivity index (χ1n) is 4.10. The highest BCUT2D eigenvalue weighted by atomic mass is 35.5. The van der Waals surface area contributed by atoms with Crippen molar-refractivity contribution in [2.24, 2.45) is 0 Å². The molecule has 57 valence electrons. The van der Waals surface area contributed by atoms with E-state index in [1.807, 2.05) is 0 Å². The SMILES string of the molecule is ClC1[CH]C(NC2CCC2)C1. The van der Waals surface area contributed by atoms with Crippen LogP contribution >= 0.6 is 11.6 Å². The Morgan fingerprint density at radius 1 is 1.40 bits per heavy atom. The Hall–Kier alpha value is 0.250. The lowest BCUT2D eigenvalue weighted by Gasteiger charge is -2.38. The third-order valence-corrected chi connectivity index (χ3v) is 2.80. The second kappa shape index (κ2) is 2.71. The Kier molecular flexibility index (Phi) is 1.88. The summed E-state index contributed by atoms with van der Waals surface area (Å²) in [6.45, 7) is 0. The number of hydrogen-bond acceptors (Lipinski definition) is 1. The lowest BCUT2D eigenvalue weighted by molar-refractivity contribution is 0.286. The van der Waals surface area contributed by atoms with Crippen molar-refractivity contribution in [1.29, 1.82) is 0 Å². The Morgan fingerprint density at radius 2 is 2.10 bits per heavy atom. The predicted octanol–water partition coefficient (Wildman–Crippen LogP) is 1.71. The predicted molar refractivity (Wildman–Crippen MR) is 43.1 cm³/mol. The third-order valence-electron chi connectivity index (χ3n) is 2.48. The fourth-order valence-corrected chi connectivity index (χ4v) is 1.82. The summed E-state index contributed by atoms with van der Waals surface area (Å²) >= 11 is 5.79. The van der Waals surface area contributed by atoms with Crippen molar-refractivity contribution in [3.05, 3.63) is 6.42 Å². The summed E-state index contributed by atoms with van der Waals surface area (Å²) in [6, 6.07) is 1.44. The van der Waals surface area contributed by atoms with E-state index in [4.69, 9.17) is 11.6 Å². The van der Waals surface area contributed by atoms with E-state index in [9.17, 15) is 0 Å². The molecule has 0 amide bonds. The normalized spacial score (nSPS) is 40.5. The van der Waals surface area contributed by atoms with Gasteiger partial charge in [0.1, 0.15) is 0 Å². The molecule has 0 saturated heterocycles. The summed E-state index contributed by atoms with van der Waals surface area (Å²) in [5.41, 5.74) is 0. The molecule has 0 bridgehead atoms. The Morgan fingerprint density at radius 3 is 2.50 bits per heavy atom. The van der Waals surface area contributed by atoms with Crippen LogP contribution in [0.15, 0.2) is 0 Å². The highest BCUT2D eigenvalue weighted by Crippen LogP contribution is 2.27. The molecule has 2 unspecified atom stereocenters. The maximum absolute atomic E-state index is 5.79. The van der Waals surface area contributed by atoms with Gasteiger partial charge in [-0.3, -0.25) is 0 Å². The van der Waals surface area contributed by atoms with E-state index < -0.39 is 0 Å². The molecule has 2 atom stereocenters. The van der Waals surface area contributed by atoms with Crippen LogP contribution in [0.2, 0.25) is 0 Å². The fourth-order valence-electron chi connectivity index (χ4n) is 1.46. The molecule has 2 heteroatoms. The zero-order chi connectivity index (χ0) is 6.97.